The van der Waals surface area contributed by atoms with Crippen LogP contribution in [0.3, 0.4) is 0 Å². The molecule has 3 aliphatic rings. The zero-order valence-corrected chi connectivity index (χ0v) is 25.4. The van der Waals surface area contributed by atoms with Crippen molar-refractivity contribution in [2.24, 2.45) is 0 Å². The maximum Gasteiger partial charge on any atom is 0.472 e. The van der Waals surface area contributed by atoms with Gasteiger partial charge in [0.25, 0.3) is 5.56 Å². The Hall–Kier alpha value is -2.91. The number of nitrogens with two attached hydrogens (primary N) is 2. The fourth-order valence-corrected chi connectivity index (χ4v) is 8.00. The second kappa shape index (κ2) is 11.1. The molecule has 8 N–H and O–H groups in total. The summed E-state index contributed by atoms with van der Waals surface area (Å²) in [4.78, 5) is 37.6. The molecule has 7 heterocycles. The number of anilines is 2. The van der Waals surface area contributed by atoms with Crippen LogP contribution < -0.4 is 17.0 Å². The van der Waals surface area contributed by atoms with Gasteiger partial charge in [-0.1, -0.05) is 12.2 Å². The molecular weight excluding hydrogens is 662 g/mol. The Morgan fingerprint density at radius 2 is 1.60 bits per heavy atom. The number of nitrogens with zero attached hydrogens (tertiary/aromatic N) is 5. The summed E-state index contributed by atoms with van der Waals surface area (Å²) in [6, 6.07) is 3.00. The van der Waals surface area contributed by atoms with Crippen LogP contribution in [0.4, 0.5) is 11.8 Å². The number of H-pyrrole nitrogens is 1. The molecule has 20 nitrogen and oxygen atoms in total. The van der Waals surface area contributed by atoms with Crippen LogP contribution >= 0.6 is 26.9 Å². The SMILES string of the molecule is Nc1nc2c(ccn2C2OC3COP(=O)(O)OC4C(COP(=O)(S)OC2C3O)OC(n2ccc3c(N)ncnc32)C4O)c(=O)[nH]1. The molecule has 0 saturated carbocycles. The monoisotopic (exact) mass is 688 g/mol. The van der Waals surface area contributed by atoms with E-state index in [4.69, 9.17) is 39.0 Å². The zero-order chi connectivity index (χ0) is 31.8. The Morgan fingerprint density at radius 1 is 0.911 bits per heavy atom. The smallest absolute Gasteiger partial charge is 0.387 e. The van der Waals surface area contributed by atoms with E-state index in [2.05, 4.69) is 32.2 Å². The number of hydrogen-bond donors (Lipinski definition) is 7. The highest BCUT2D eigenvalue weighted by molar-refractivity contribution is 8.44. The van der Waals surface area contributed by atoms with Crippen LogP contribution in [0, 0.1) is 0 Å². The van der Waals surface area contributed by atoms with Crippen LogP contribution in [0.15, 0.2) is 35.6 Å². The number of nitrogen functional groups attached to an aromatic ring is 2. The number of fused-ring (bicyclic) bond motifs is 5. The van der Waals surface area contributed by atoms with Crippen LogP contribution in [-0.2, 0) is 36.7 Å². The summed E-state index contributed by atoms with van der Waals surface area (Å²) in [5.74, 6) is -0.0337. The van der Waals surface area contributed by atoms with E-state index in [1.807, 2.05) is 0 Å². The number of aromatic amines is 1. The van der Waals surface area contributed by atoms with E-state index in [0.717, 1.165) is 0 Å². The Morgan fingerprint density at radius 3 is 2.38 bits per heavy atom. The topological polar surface area (TPSA) is 284 Å². The van der Waals surface area contributed by atoms with Crippen molar-refractivity contribution in [3.05, 3.63) is 41.2 Å². The number of phosphoric ester groups is 1. The van der Waals surface area contributed by atoms with Crippen molar-refractivity contribution in [2.75, 3.05) is 24.7 Å². The molecule has 3 saturated heterocycles. The third kappa shape index (κ3) is 5.47. The number of thiol groups is 1. The summed E-state index contributed by atoms with van der Waals surface area (Å²) in [5, 5.41) is 22.9. The summed E-state index contributed by atoms with van der Waals surface area (Å²) >= 11 is 4.07. The minimum absolute atomic E-state index is 0.0441. The molecule has 2 bridgehead atoms. The lowest BCUT2D eigenvalue weighted by Gasteiger charge is -2.26. The number of nitrogens with one attached hydrogen (secondary N) is 1. The molecule has 242 valence electrons. The molecule has 3 aliphatic heterocycles. The first-order valence-electron chi connectivity index (χ1n) is 13.2. The summed E-state index contributed by atoms with van der Waals surface area (Å²) in [6.45, 7) is -5.75. The van der Waals surface area contributed by atoms with E-state index in [1.165, 1.54) is 33.9 Å². The molecule has 0 aromatic carbocycles. The number of hydrogen-bond acceptors (Lipinski definition) is 16. The summed E-state index contributed by atoms with van der Waals surface area (Å²) in [7, 11) is -4.99. The third-order valence-electron chi connectivity index (χ3n) is 7.62. The lowest BCUT2D eigenvalue weighted by atomic mass is 10.1. The van der Waals surface area contributed by atoms with E-state index in [9.17, 15) is 29.0 Å². The Bertz CT molecular complexity index is 1940. The van der Waals surface area contributed by atoms with E-state index < -0.39 is 82.5 Å². The molecule has 23 heteroatoms. The quantitative estimate of drug-likeness (QED) is 0.106. The fraction of sp³-hybridized carbons (Fsp3) is 0.455. The highest BCUT2D eigenvalue weighted by Crippen LogP contribution is 2.58. The summed E-state index contributed by atoms with van der Waals surface area (Å²) < 4.78 is 62.9. The lowest BCUT2D eigenvalue weighted by molar-refractivity contribution is -0.0617. The maximum atomic E-state index is 13.5. The van der Waals surface area contributed by atoms with Gasteiger partial charge in [0.15, 0.2) is 18.1 Å². The predicted octanol–water partition coefficient (Wildman–Crippen LogP) is -0.194. The van der Waals surface area contributed by atoms with Gasteiger partial charge in [0.05, 0.1) is 24.0 Å². The van der Waals surface area contributed by atoms with Crippen molar-refractivity contribution in [1.82, 2.24) is 29.1 Å². The standard InChI is InChI=1S/C22H26N8O12P2S/c23-16-8-1-3-29(17(8)26-7-25-16)20-13(32)14-11(40-20)6-38-44(36,45)42-15-12(31)10(5-37-43(34,35)41-14)39-21(15)30-4-2-9-18(30)27-22(24)28-19(9)33/h1-4,7,10-15,20-21,31-32H,5-6H2,(H,34,35)(H,36,45)(H2,23,25,26)(H3,24,27,28,33). The zero-order valence-electron chi connectivity index (χ0n) is 22.7. The average Bonchev–Trinajstić information content (AvgIpc) is 3.72. The highest BCUT2D eigenvalue weighted by Gasteiger charge is 2.53. The van der Waals surface area contributed by atoms with Crippen LogP contribution in [0.5, 0.6) is 0 Å². The number of aromatic nitrogens is 6. The lowest BCUT2D eigenvalue weighted by Crippen LogP contribution is -2.36. The molecule has 3 fully saturated rings. The first kappa shape index (κ1) is 30.7. The van der Waals surface area contributed by atoms with Crippen molar-refractivity contribution in [3.8, 4) is 0 Å². The Labute approximate surface area is 256 Å². The van der Waals surface area contributed by atoms with Crippen molar-refractivity contribution >= 4 is 60.7 Å². The number of ether oxygens (including phenoxy) is 2. The normalized spacial score (nSPS) is 37.7. The van der Waals surface area contributed by atoms with E-state index in [1.54, 1.807) is 6.07 Å². The fourth-order valence-electron chi connectivity index (χ4n) is 5.57. The van der Waals surface area contributed by atoms with Gasteiger partial charge in [0, 0.05) is 12.4 Å². The van der Waals surface area contributed by atoms with E-state index in [0.29, 0.717) is 5.39 Å². The van der Waals surface area contributed by atoms with Gasteiger partial charge in [-0.05, 0) is 12.1 Å². The molecule has 0 amide bonds. The Balaban J connectivity index is 1.21. The third-order valence-corrected chi connectivity index (χ3v) is 10.2. The number of phosphoric acid groups is 1. The van der Waals surface area contributed by atoms with Crippen molar-refractivity contribution in [1.29, 1.82) is 0 Å². The predicted molar refractivity (Wildman–Crippen MR) is 155 cm³/mol. The van der Waals surface area contributed by atoms with Gasteiger partial charge in [-0.15, -0.1) is 0 Å². The maximum absolute atomic E-state index is 13.5. The van der Waals surface area contributed by atoms with Crippen LogP contribution in [0.2, 0.25) is 0 Å². The number of aliphatic hydroxyl groups excluding tert-OH is 2. The van der Waals surface area contributed by atoms with Crippen LogP contribution in [0.1, 0.15) is 12.5 Å². The molecule has 10 unspecified atom stereocenters. The second-order valence-electron chi connectivity index (χ2n) is 10.4. The molecule has 10 atom stereocenters. The molecule has 4 aromatic heterocycles. The molecule has 45 heavy (non-hydrogen) atoms. The Kier molecular flexibility index (Phi) is 7.59. The van der Waals surface area contributed by atoms with Gasteiger partial charge < -0.3 is 45.2 Å². The highest BCUT2D eigenvalue weighted by atomic mass is 32.7. The van der Waals surface area contributed by atoms with Crippen molar-refractivity contribution in [3.63, 3.8) is 0 Å². The van der Waals surface area contributed by atoms with Crippen molar-refractivity contribution < 1.29 is 51.8 Å². The van der Waals surface area contributed by atoms with Crippen LogP contribution in [0.25, 0.3) is 22.1 Å². The van der Waals surface area contributed by atoms with E-state index in [-0.39, 0.29) is 28.4 Å². The molecule has 0 radical (unpaired) electrons. The molecular formula is C22H26N8O12P2S. The van der Waals surface area contributed by atoms with Gasteiger partial charge in [-0.3, -0.25) is 27.9 Å². The largest absolute Gasteiger partial charge is 0.472 e. The van der Waals surface area contributed by atoms with Gasteiger partial charge in [0.2, 0.25) is 5.95 Å². The summed E-state index contributed by atoms with van der Waals surface area (Å²) in [5.41, 5.74) is 11.4. The van der Waals surface area contributed by atoms with Gasteiger partial charge in [0.1, 0.15) is 54.4 Å². The molecule has 7 rings (SSSR count). The minimum atomic E-state index is -4.99. The van der Waals surface area contributed by atoms with Gasteiger partial charge in [-0.25, -0.2) is 19.1 Å². The first-order chi connectivity index (χ1) is 21.3. The van der Waals surface area contributed by atoms with Gasteiger partial charge in [-0.2, -0.15) is 4.98 Å². The summed E-state index contributed by atoms with van der Waals surface area (Å²) in [6.07, 6.45) is -7.39. The molecule has 4 aromatic rings. The number of rotatable bonds is 2. The van der Waals surface area contributed by atoms with Crippen LogP contribution in [-0.4, -0.2) is 94.0 Å². The average molecular weight is 689 g/mol. The van der Waals surface area contributed by atoms with E-state index >= 15 is 0 Å². The minimum Gasteiger partial charge on any atom is -0.387 e. The molecule has 0 aliphatic carbocycles. The number of aliphatic hydroxyl groups is 2. The van der Waals surface area contributed by atoms with Crippen molar-refractivity contribution in [2.45, 2.75) is 49.1 Å². The molecule has 0 spiro atoms. The second-order valence-corrected chi connectivity index (χ2v) is 14.7. The first-order valence-corrected chi connectivity index (χ1v) is 17.4. The van der Waals surface area contributed by atoms with Gasteiger partial charge >= 0.3 is 14.6 Å².